The topological polar surface area (TPSA) is 55.4 Å². The first-order chi connectivity index (χ1) is 10.4. The molecule has 2 aromatic rings. The molecule has 0 saturated carbocycles. The lowest BCUT2D eigenvalue weighted by Crippen LogP contribution is -2.23. The van der Waals surface area contributed by atoms with Gasteiger partial charge in [0.2, 0.25) is 10.0 Å². The Balaban J connectivity index is 2.13. The summed E-state index contributed by atoms with van der Waals surface area (Å²) in [6.45, 7) is 2.07. The lowest BCUT2D eigenvalue weighted by atomic mass is 10.2. The fourth-order valence-electron chi connectivity index (χ4n) is 1.85. The van der Waals surface area contributed by atoms with Crippen molar-refractivity contribution < 1.29 is 17.5 Å². The van der Waals surface area contributed by atoms with Gasteiger partial charge in [0.05, 0.1) is 11.6 Å². The van der Waals surface area contributed by atoms with Gasteiger partial charge in [0.15, 0.2) is 11.6 Å². The highest BCUT2D eigenvalue weighted by Gasteiger charge is 2.17. The molecule has 0 unspecified atom stereocenters. The Morgan fingerprint density at radius 3 is 2.59 bits per heavy atom. The number of halogens is 2. The first-order valence-corrected chi connectivity index (χ1v) is 8.45. The summed E-state index contributed by atoms with van der Waals surface area (Å²) in [5.74, 6) is -0.392. The Labute approximate surface area is 133 Å². The second-order valence-electron chi connectivity index (χ2n) is 4.45. The first-order valence-electron chi connectivity index (χ1n) is 6.59. The van der Waals surface area contributed by atoms with Crippen LogP contribution in [0.15, 0.2) is 47.4 Å². The maximum atomic E-state index is 13.7. The van der Waals surface area contributed by atoms with Crippen molar-refractivity contribution in [3.63, 3.8) is 0 Å². The third-order valence-corrected chi connectivity index (χ3v) is 4.79. The number of hydrogen-bond acceptors (Lipinski definition) is 3. The zero-order valence-electron chi connectivity index (χ0n) is 11.8. The van der Waals surface area contributed by atoms with Crippen molar-refractivity contribution in [3.05, 3.63) is 58.9 Å². The van der Waals surface area contributed by atoms with Gasteiger partial charge in [0.1, 0.15) is 4.90 Å². The number of hydrogen-bond donors (Lipinski definition) is 1. The Kier molecular flexibility index (Phi) is 5.39. The minimum atomic E-state index is -3.76. The molecule has 7 heteroatoms. The Bertz CT molecular complexity index is 765. The number of sulfonamides is 1. The van der Waals surface area contributed by atoms with Crippen LogP contribution in [-0.2, 0) is 16.6 Å². The summed E-state index contributed by atoms with van der Waals surface area (Å²) in [6, 6.07) is 10.4. The second-order valence-corrected chi connectivity index (χ2v) is 6.60. The molecule has 0 aliphatic carbocycles. The van der Waals surface area contributed by atoms with Gasteiger partial charge in [-0.05, 0) is 36.8 Å². The SMILES string of the molecule is CCOc1ccc(CNS(=O)(=O)c2ccccc2Cl)cc1F. The van der Waals surface area contributed by atoms with E-state index in [1.165, 1.54) is 24.3 Å². The largest absolute Gasteiger partial charge is 0.491 e. The third kappa shape index (κ3) is 3.97. The van der Waals surface area contributed by atoms with Crippen LogP contribution >= 0.6 is 11.6 Å². The highest BCUT2D eigenvalue weighted by atomic mass is 35.5. The molecule has 0 heterocycles. The molecule has 2 rings (SSSR count). The molecule has 22 heavy (non-hydrogen) atoms. The molecule has 0 radical (unpaired) electrons. The summed E-state index contributed by atoms with van der Waals surface area (Å²) < 4.78 is 45.5. The average Bonchev–Trinajstić information content (AvgIpc) is 2.48. The molecule has 0 amide bonds. The van der Waals surface area contributed by atoms with Crippen LogP contribution in [0.25, 0.3) is 0 Å². The molecule has 118 valence electrons. The molecule has 0 saturated heterocycles. The quantitative estimate of drug-likeness (QED) is 0.875. The molecule has 2 aromatic carbocycles. The molecule has 0 bridgehead atoms. The predicted octanol–water partition coefficient (Wildman–Crippen LogP) is 3.36. The van der Waals surface area contributed by atoms with E-state index in [4.69, 9.17) is 16.3 Å². The van der Waals surface area contributed by atoms with E-state index in [1.54, 1.807) is 25.1 Å². The van der Waals surface area contributed by atoms with Crippen molar-refractivity contribution in [1.82, 2.24) is 4.72 Å². The number of benzene rings is 2. The predicted molar refractivity (Wildman–Crippen MR) is 83.0 cm³/mol. The Morgan fingerprint density at radius 1 is 1.23 bits per heavy atom. The van der Waals surface area contributed by atoms with E-state index in [-0.39, 0.29) is 22.2 Å². The van der Waals surface area contributed by atoms with Gasteiger partial charge in [0.25, 0.3) is 0 Å². The molecule has 0 atom stereocenters. The van der Waals surface area contributed by atoms with E-state index in [1.807, 2.05) is 0 Å². The smallest absolute Gasteiger partial charge is 0.242 e. The summed E-state index contributed by atoms with van der Waals surface area (Å²) in [5.41, 5.74) is 0.483. The molecule has 0 aromatic heterocycles. The van der Waals surface area contributed by atoms with Gasteiger partial charge in [-0.1, -0.05) is 29.8 Å². The lowest BCUT2D eigenvalue weighted by Gasteiger charge is -2.10. The van der Waals surface area contributed by atoms with Crippen LogP contribution in [0.2, 0.25) is 5.02 Å². The van der Waals surface area contributed by atoms with Crippen molar-refractivity contribution in [2.45, 2.75) is 18.4 Å². The van der Waals surface area contributed by atoms with Crippen molar-refractivity contribution in [1.29, 1.82) is 0 Å². The van der Waals surface area contributed by atoms with Crippen LogP contribution in [0.5, 0.6) is 5.75 Å². The van der Waals surface area contributed by atoms with Crippen molar-refractivity contribution in [3.8, 4) is 5.75 Å². The van der Waals surface area contributed by atoms with Gasteiger partial charge in [-0.25, -0.2) is 17.5 Å². The van der Waals surface area contributed by atoms with Crippen LogP contribution in [0.3, 0.4) is 0 Å². The van der Waals surface area contributed by atoms with E-state index in [9.17, 15) is 12.8 Å². The van der Waals surface area contributed by atoms with Gasteiger partial charge in [-0.2, -0.15) is 0 Å². The molecule has 0 aliphatic rings. The van der Waals surface area contributed by atoms with Crippen LogP contribution in [0.4, 0.5) is 4.39 Å². The van der Waals surface area contributed by atoms with Gasteiger partial charge < -0.3 is 4.74 Å². The van der Waals surface area contributed by atoms with Gasteiger partial charge in [-0.3, -0.25) is 0 Å². The fraction of sp³-hybridized carbons (Fsp3) is 0.200. The fourth-order valence-corrected chi connectivity index (χ4v) is 3.38. The van der Waals surface area contributed by atoms with Crippen LogP contribution in [0, 0.1) is 5.82 Å². The molecule has 4 nitrogen and oxygen atoms in total. The monoisotopic (exact) mass is 343 g/mol. The summed E-state index contributed by atoms with van der Waals surface area (Å²) in [7, 11) is -3.76. The number of nitrogens with one attached hydrogen (secondary N) is 1. The molecule has 0 aliphatic heterocycles. The standard InChI is InChI=1S/C15H15ClFNO3S/c1-2-21-14-8-7-11(9-13(14)17)10-18-22(19,20)15-6-4-3-5-12(15)16/h3-9,18H,2,10H2,1H3. The second kappa shape index (κ2) is 7.09. The maximum absolute atomic E-state index is 13.7. The normalized spacial score (nSPS) is 11.4. The molecule has 1 N–H and O–H groups in total. The summed E-state index contributed by atoms with van der Waals surface area (Å²) >= 11 is 5.88. The van der Waals surface area contributed by atoms with Gasteiger partial charge in [0, 0.05) is 6.54 Å². The zero-order chi connectivity index (χ0) is 16.2. The number of ether oxygens (including phenoxy) is 1. The van der Waals surface area contributed by atoms with E-state index in [0.717, 1.165) is 0 Å². The van der Waals surface area contributed by atoms with E-state index in [2.05, 4.69) is 4.72 Å². The van der Waals surface area contributed by atoms with Crippen molar-refractivity contribution in [2.75, 3.05) is 6.61 Å². The highest BCUT2D eigenvalue weighted by Crippen LogP contribution is 2.21. The number of rotatable bonds is 6. The lowest BCUT2D eigenvalue weighted by molar-refractivity contribution is 0.321. The molecular weight excluding hydrogens is 329 g/mol. The minimum absolute atomic E-state index is 0.0110. The zero-order valence-corrected chi connectivity index (χ0v) is 13.4. The van der Waals surface area contributed by atoms with Crippen molar-refractivity contribution >= 4 is 21.6 Å². The van der Waals surface area contributed by atoms with Gasteiger partial charge in [-0.15, -0.1) is 0 Å². The van der Waals surface area contributed by atoms with Crippen LogP contribution in [-0.4, -0.2) is 15.0 Å². The molecular formula is C15H15ClFNO3S. The van der Waals surface area contributed by atoms with Crippen molar-refractivity contribution in [2.24, 2.45) is 0 Å². The molecule has 0 spiro atoms. The Hall–Kier alpha value is -1.63. The van der Waals surface area contributed by atoms with Gasteiger partial charge >= 0.3 is 0 Å². The maximum Gasteiger partial charge on any atom is 0.242 e. The van der Waals surface area contributed by atoms with Crippen LogP contribution < -0.4 is 9.46 Å². The summed E-state index contributed by atoms with van der Waals surface area (Å²) in [4.78, 5) is -0.0110. The van der Waals surface area contributed by atoms with E-state index in [0.29, 0.717) is 12.2 Å². The first kappa shape index (κ1) is 16.7. The third-order valence-electron chi connectivity index (χ3n) is 2.89. The summed E-state index contributed by atoms with van der Waals surface area (Å²) in [6.07, 6.45) is 0. The van der Waals surface area contributed by atoms with Crippen LogP contribution in [0.1, 0.15) is 12.5 Å². The Morgan fingerprint density at radius 2 is 1.95 bits per heavy atom. The molecule has 0 fully saturated rings. The summed E-state index contributed by atoms with van der Waals surface area (Å²) in [5, 5.41) is 0.132. The van der Waals surface area contributed by atoms with E-state index < -0.39 is 15.8 Å². The average molecular weight is 344 g/mol. The minimum Gasteiger partial charge on any atom is -0.491 e. The van der Waals surface area contributed by atoms with E-state index >= 15 is 0 Å². The highest BCUT2D eigenvalue weighted by molar-refractivity contribution is 7.89.